The molecule has 0 aromatic heterocycles. The molecule has 0 amide bonds. The van der Waals surface area contributed by atoms with Crippen molar-refractivity contribution in [3.05, 3.63) is 56.6 Å². The van der Waals surface area contributed by atoms with E-state index in [1.807, 2.05) is 0 Å². The van der Waals surface area contributed by atoms with Crippen LogP contribution in [0.4, 0.5) is 0 Å². The highest BCUT2D eigenvalue weighted by molar-refractivity contribution is 9.11. The van der Waals surface area contributed by atoms with Gasteiger partial charge in [0, 0.05) is 22.0 Å². The third-order valence-corrected chi connectivity index (χ3v) is 5.25. The van der Waals surface area contributed by atoms with Crippen LogP contribution in [0.1, 0.15) is 37.4 Å². The minimum Gasteiger partial charge on any atom is -0.496 e. The van der Waals surface area contributed by atoms with E-state index in [1.165, 1.54) is 14.2 Å². The molecule has 0 N–H and O–H groups in total. The van der Waals surface area contributed by atoms with Crippen molar-refractivity contribution >= 4 is 43.4 Å². The SMILES string of the molecule is COc1c(Br)c(CBr)c(OC)c2c1C(=O)c1ccccc1C2=O. The summed E-state index contributed by atoms with van der Waals surface area (Å²) in [5.74, 6) is 0.257. The number of methoxy groups -OCH3 is 2. The first-order valence-corrected chi connectivity index (χ1v) is 8.68. The van der Waals surface area contributed by atoms with Crippen molar-refractivity contribution in [2.24, 2.45) is 0 Å². The lowest BCUT2D eigenvalue weighted by atomic mass is 9.82. The molecular formula is C17H12Br2O4. The first kappa shape index (κ1) is 16.2. The smallest absolute Gasteiger partial charge is 0.198 e. The Balaban J connectivity index is 2.46. The number of hydrogen-bond donors (Lipinski definition) is 0. The molecule has 0 fully saturated rings. The van der Waals surface area contributed by atoms with Gasteiger partial charge in [-0.05, 0) is 15.9 Å². The molecule has 6 heteroatoms. The molecule has 1 aliphatic rings. The molecule has 0 saturated carbocycles. The van der Waals surface area contributed by atoms with Crippen LogP contribution in [-0.2, 0) is 5.33 Å². The third-order valence-electron chi connectivity index (χ3n) is 3.85. The monoisotopic (exact) mass is 438 g/mol. The Kier molecular flexibility index (Phi) is 4.29. The van der Waals surface area contributed by atoms with Crippen LogP contribution >= 0.6 is 31.9 Å². The lowest BCUT2D eigenvalue weighted by molar-refractivity contribution is 0.0973. The van der Waals surface area contributed by atoms with Crippen LogP contribution in [0.5, 0.6) is 11.5 Å². The number of alkyl halides is 1. The highest BCUT2D eigenvalue weighted by Gasteiger charge is 2.37. The Labute approximate surface area is 150 Å². The maximum absolute atomic E-state index is 13.0. The summed E-state index contributed by atoms with van der Waals surface area (Å²) in [7, 11) is 2.96. The molecule has 0 radical (unpaired) electrons. The van der Waals surface area contributed by atoms with Gasteiger partial charge in [0.2, 0.25) is 0 Å². The van der Waals surface area contributed by atoms with Gasteiger partial charge in [-0.3, -0.25) is 9.59 Å². The summed E-state index contributed by atoms with van der Waals surface area (Å²) in [6.07, 6.45) is 0. The van der Waals surface area contributed by atoms with Gasteiger partial charge in [0.25, 0.3) is 0 Å². The average molecular weight is 440 g/mol. The third kappa shape index (κ3) is 2.23. The topological polar surface area (TPSA) is 52.6 Å². The predicted molar refractivity (Wildman–Crippen MR) is 93.2 cm³/mol. The summed E-state index contributed by atoms with van der Waals surface area (Å²) in [5, 5.41) is 0.448. The van der Waals surface area contributed by atoms with E-state index < -0.39 is 0 Å². The number of ketones is 2. The van der Waals surface area contributed by atoms with Crippen molar-refractivity contribution in [2.75, 3.05) is 14.2 Å². The van der Waals surface area contributed by atoms with E-state index in [-0.39, 0.29) is 22.7 Å². The molecule has 4 nitrogen and oxygen atoms in total. The van der Waals surface area contributed by atoms with Gasteiger partial charge >= 0.3 is 0 Å². The lowest BCUT2D eigenvalue weighted by Crippen LogP contribution is -2.23. The highest BCUT2D eigenvalue weighted by atomic mass is 79.9. The summed E-state index contributed by atoms with van der Waals surface area (Å²) in [6, 6.07) is 6.78. The second-order valence-corrected chi connectivity index (χ2v) is 6.30. The number of carbonyl (C=O) groups is 2. The minimum atomic E-state index is -0.243. The Bertz CT molecular complexity index is 843. The zero-order chi connectivity index (χ0) is 16.7. The van der Waals surface area contributed by atoms with Crippen molar-refractivity contribution < 1.29 is 19.1 Å². The van der Waals surface area contributed by atoms with Crippen molar-refractivity contribution in [1.29, 1.82) is 0 Å². The number of halogens is 2. The fraction of sp³-hybridized carbons (Fsp3) is 0.176. The van der Waals surface area contributed by atoms with E-state index in [0.29, 0.717) is 32.4 Å². The summed E-state index contributed by atoms with van der Waals surface area (Å²) in [4.78, 5) is 25.9. The number of ether oxygens (including phenoxy) is 2. The van der Waals surface area contributed by atoms with Gasteiger partial charge in [-0.25, -0.2) is 0 Å². The fourth-order valence-corrected chi connectivity index (χ4v) is 4.43. The van der Waals surface area contributed by atoms with Crippen LogP contribution in [-0.4, -0.2) is 25.8 Å². The zero-order valence-corrected chi connectivity index (χ0v) is 15.6. The molecule has 2 aromatic rings. The molecule has 0 unspecified atom stereocenters. The van der Waals surface area contributed by atoms with E-state index >= 15 is 0 Å². The summed E-state index contributed by atoms with van der Waals surface area (Å²) in [5.41, 5.74) is 1.98. The van der Waals surface area contributed by atoms with E-state index in [9.17, 15) is 9.59 Å². The number of carbonyl (C=O) groups excluding carboxylic acids is 2. The maximum Gasteiger partial charge on any atom is 0.198 e. The van der Waals surface area contributed by atoms with Gasteiger partial charge in [-0.2, -0.15) is 0 Å². The normalized spacial score (nSPS) is 12.7. The molecule has 0 atom stereocenters. The molecule has 3 rings (SSSR count). The molecule has 0 saturated heterocycles. The second-order valence-electron chi connectivity index (χ2n) is 4.95. The van der Waals surface area contributed by atoms with Gasteiger partial charge in [0.15, 0.2) is 11.6 Å². The number of rotatable bonds is 3. The van der Waals surface area contributed by atoms with Crippen molar-refractivity contribution in [1.82, 2.24) is 0 Å². The Hall–Kier alpha value is -1.66. The number of hydrogen-bond acceptors (Lipinski definition) is 4. The van der Waals surface area contributed by atoms with E-state index in [1.54, 1.807) is 24.3 Å². The predicted octanol–water partition coefficient (Wildman–Crippen LogP) is 4.14. The largest absolute Gasteiger partial charge is 0.496 e. The van der Waals surface area contributed by atoms with Crippen LogP contribution in [0.15, 0.2) is 28.7 Å². The molecule has 118 valence electrons. The van der Waals surface area contributed by atoms with Gasteiger partial charge in [0.1, 0.15) is 11.5 Å². The highest BCUT2D eigenvalue weighted by Crippen LogP contribution is 2.46. The first-order valence-electron chi connectivity index (χ1n) is 6.77. The molecule has 0 aliphatic heterocycles. The van der Waals surface area contributed by atoms with Gasteiger partial charge < -0.3 is 9.47 Å². The van der Waals surface area contributed by atoms with Crippen molar-refractivity contribution in [2.45, 2.75) is 5.33 Å². The van der Waals surface area contributed by atoms with Gasteiger partial charge in [-0.15, -0.1) is 0 Å². The van der Waals surface area contributed by atoms with Gasteiger partial charge in [0.05, 0.1) is 29.8 Å². The fourth-order valence-electron chi connectivity index (χ4n) is 2.84. The van der Waals surface area contributed by atoms with Crippen LogP contribution in [0.3, 0.4) is 0 Å². The number of fused-ring (bicyclic) bond motifs is 2. The van der Waals surface area contributed by atoms with Crippen molar-refractivity contribution in [3.8, 4) is 11.5 Å². The first-order chi connectivity index (χ1) is 11.1. The standard InChI is InChI=1S/C17H12Br2O4/c1-22-16-10(7-18)13(19)17(23-2)12-11(16)14(20)8-5-3-4-6-9(8)15(12)21/h3-6H,7H2,1-2H3. The Morgan fingerprint density at radius 2 is 1.39 bits per heavy atom. The molecule has 0 spiro atoms. The van der Waals surface area contributed by atoms with Crippen LogP contribution in [0, 0.1) is 0 Å². The van der Waals surface area contributed by atoms with E-state index in [2.05, 4.69) is 31.9 Å². The quantitative estimate of drug-likeness (QED) is 0.575. The van der Waals surface area contributed by atoms with Crippen LogP contribution in [0.2, 0.25) is 0 Å². The van der Waals surface area contributed by atoms with E-state index in [0.717, 1.165) is 5.56 Å². The number of benzene rings is 2. The summed E-state index contributed by atoms with van der Waals surface area (Å²) in [6.45, 7) is 0. The molecule has 23 heavy (non-hydrogen) atoms. The Morgan fingerprint density at radius 1 is 0.913 bits per heavy atom. The lowest BCUT2D eigenvalue weighted by Gasteiger charge is -2.24. The van der Waals surface area contributed by atoms with Crippen LogP contribution in [0.25, 0.3) is 0 Å². The van der Waals surface area contributed by atoms with Gasteiger partial charge in [-0.1, -0.05) is 40.2 Å². The summed E-state index contributed by atoms with van der Waals surface area (Å²) >= 11 is 6.86. The molecule has 0 bridgehead atoms. The minimum absolute atomic E-state index is 0.236. The summed E-state index contributed by atoms with van der Waals surface area (Å²) < 4.78 is 11.5. The Morgan fingerprint density at radius 3 is 1.83 bits per heavy atom. The molecule has 1 aliphatic carbocycles. The average Bonchev–Trinajstić information content (AvgIpc) is 2.58. The zero-order valence-electron chi connectivity index (χ0n) is 12.4. The van der Waals surface area contributed by atoms with Crippen molar-refractivity contribution in [3.63, 3.8) is 0 Å². The molecular weight excluding hydrogens is 428 g/mol. The molecule has 0 heterocycles. The van der Waals surface area contributed by atoms with Crippen LogP contribution < -0.4 is 9.47 Å². The second kappa shape index (κ2) is 6.09. The molecule has 2 aromatic carbocycles. The maximum atomic E-state index is 13.0. The van der Waals surface area contributed by atoms with E-state index in [4.69, 9.17) is 9.47 Å².